The number of nitrogens with zero attached hydrogens (tertiary/aromatic N) is 1. The minimum Gasteiger partial charge on any atom is -0.322 e. The van der Waals surface area contributed by atoms with Crippen molar-refractivity contribution in [2.45, 2.75) is 26.4 Å². The highest BCUT2D eigenvalue weighted by molar-refractivity contribution is 6.04. The number of hydrogen-bond donors (Lipinski definition) is 1. The van der Waals surface area contributed by atoms with Gasteiger partial charge >= 0.3 is 0 Å². The SMILES string of the molecule is Cc1cccc(NC(=O)c2ccc(CN3CCc4ccccc4C3)cc2)c1. The molecule has 136 valence electrons. The van der Waals surface area contributed by atoms with Crippen molar-refractivity contribution in [3.8, 4) is 0 Å². The first-order chi connectivity index (χ1) is 13.2. The summed E-state index contributed by atoms with van der Waals surface area (Å²) in [5, 5.41) is 2.96. The zero-order valence-corrected chi connectivity index (χ0v) is 15.6. The quantitative estimate of drug-likeness (QED) is 0.728. The van der Waals surface area contributed by atoms with Crippen LogP contribution in [0.25, 0.3) is 0 Å². The normalized spacial score (nSPS) is 13.8. The van der Waals surface area contributed by atoms with E-state index in [-0.39, 0.29) is 5.91 Å². The minimum absolute atomic E-state index is 0.0703. The zero-order valence-electron chi connectivity index (χ0n) is 15.6. The third-order valence-electron chi connectivity index (χ3n) is 5.11. The van der Waals surface area contributed by atoms with Crippen molar-refractivity contribution in [3.63, 3.8) is 0 Å². The molecule has 1 N–H and O–H groups in total. The molecule has 0 saturated carbocycles. The van der Waals surface area contributed by atoms with E-state index in [9.17, 15) is 4.79 Å². The molecule has 0 unspecified atom stereocenters. The van der Waals surface area contributed by atoms with Crippen LogP contribution in [-0.4, -0.2) is 17.4 Å². The number of rotatable bonds is 4. The molecule has 1 aliphatic heterocycles. The molecule has 4 rings (SSSR count). The minimum atomic E-state index is -0.0703. The molecule has 0 bridgehead atoms. The van der Waals surface area contributed by atoms with Crippen LogP contribution >= 0.6 is 0 Å². The lowest BCUT2D eigenvalue weighted by Gasteiger charge is -2.28. The van der Waals surface area contributed by atoms with Gasteiger partial charge in [-0.2, -0.15) is 0 Å². The van der Waals surface area contributed by atoms with E-state index in [1.807, 2.05) is 43.3 Å². The maximum Gasteiger partial charge on any atom is 0.255 e. The van der Waals surface area contributed by atoms with E-state index in [1.54, 1.807) is 0 Å². The van der Waals surface area contributed by atoms with Gasteiger partial charge in [0.1, 0.15) is 0 Å². The number of amides is 1. The Bertz CT molecular complexity index is 947. The zero-order chi connectivity index (χ0) is 18.6. The summed E-state index contributed by atoms with van der Waals surface area (Å²) >= 11 is 0. The molecule has 1 aliphatic rings. The van der Waals surface area contributed by atoms with Crippen LogP contribution in [0.2, 0.25) is 0 Å². The fourth-order valence-corrected chi connectivity index (χ4v) is 3.63. The second-order valence-electron chi connectivity index (χ2n) is 7.25. The summed E-state index contributed by atoms with van der Waals surface area (Å²) in [6.07, 6.45) is 1.10. The molecular formula is C24H24N2O. The highest BCUT2D eigenvalue weighted by Gasteiger charge is 2.16. The summed E-state index contributed by atoms with van der Waals surface area (Å²) in [4.78, 5) is 14.9. The molecule has 0 fully saturated rings. The van der Waals surface area contributed by atoms with Gasteiger partial charge in [-0.1, -0.05) is 48.5 Å². The number of carbonyl (C=O) groups is 1. The third kappa shape index (κ3) is 4.26. The molecule has 27 heavy (non-hydrogen) atoms. The van der Waals surface area contributed by atoms with Crippen molar-refractivity contribution in [2.24, 2.45) is 0 Å². The predicted octanol–water partition coefficient (Wildman–Crippen LogP) is 4.81. The number of benzene rings is 3. The van der Waals surface area contributed by atoms with Gasteiger partial charge in [-0.3, -0.25) is 9.69 Å². The van der Waals surface area contributed by atoms with Gasteiger partial charge in [0.05, 0.1) is 0 Å². The Labute approximate surface area is 160 Å². The van der Waals surface area contributed by atoms with E-state index < -0.39 is 0 Å². The van der Waals surface area contributed by atoms with Crippen LogP contribution in [0.4, 0.5) is 5.69 Å². The summed E-state index contributed by atoms with van der Waals surface area (Å²) in [5.74, 6) is -0.0703. The Hall–Kier alpha value is -2.91. The number of carbonyl (C=O) groups excluding carboxylic acids is 1. The number of fused-ring (bicyclic) bond motifs is 1. The average molecular weight is 356 g/mol. The van der Waals surface area contributed by atoms with Crippen LogP contribution in [0.3, 0.4) is 0 Å². The van der Waals surface area contributed by atoms with Gasteiger partial charge in [0.2, 0.25) is 0 Å². The molecule has 0 radical (unpaired) electrons. The van der Waals surface area contributed by atoms with Crippen molar-refractivity contribution in [1.82, 2.24) is 4.90 Å². The number of hydrogen-bond acceptors (Lipinski definition) is 2. The van der Waals surface area contributed by atoms with Gasteiger partial charge in [0.25, 0.3) is 5.91 Å². The van der Waals surface area contributed by atoms with Gasteiger partial charge in [-0.25, -0.2) is 0 Å². The van der Waals surface area contributed by atoms with Gasteiger partial charge in [-0.15, -0.1) is 0 Å². The first kappa shape index (κ1) is 17.5. The fourth-order valence-electron chi connectivity index (χ4n) is 3.63. The molecule has 1 heterocycles. The first-order valence-corrected chi connectivity index (χ1v) is 9.43. The Morgan fingerprint density at radius 2 is 1.74 bits per heavy atom. The number of aryl methyl sites for hydroxylation is 1. The van der Waals surface area contributed by atoms with E-state index in [0.29, 0.717) is 5.56 Å². The maximum atomic E-state index is 12.4. The molecule has 0 atom stereocenters. The van der Waals surface area contributed by atoms with Crippen LogP contribution in [0.15, 0.2) is 72.8 Å². The molecule has 3 aromatic carbocycles. The summed E-state index contributed by atoms with van der Waals surface area (Å²) in [6, 6.07) is 24.5. The number of nitrogens with one attached hydrogen (secondary N) is 1. The van der Waals surface area contributed by atoms with Crippen LogP contribution < -0.4 is 5.32 Å². The molecule has 3 nitrogen and oxygen atoms in total. The molecule has 3 aromatic rings. The van der Waals surface area contributed by atoms with Crippen LogP contribution in [0.1, 0.15) is 32.6 Å². The van der Waals surface area contributed by atoms with E-state index in [0.717, 1.165) is 37.3 Å². The molecular weight excluding hydrogens is 332 g/mol. The fraction of sp³-hybridized carbons (Fsp3) is 0.208. The second kappa shape index (κ2) is 7.77. The van der Waals surface area contributed by atoms with Gasteiger partial charge in [0, 0.05) is 30.9 Å². The van der Waals surface area contributed by atoms with Crippen molar-refractivity contribution >= 4 is 11.6 Å². The lowest BCUT2D eigenvalue weighted by molar-refractivity contribution is 0.102. The lowest BCUT2D eigenvalue weighted by Crippen LogP contribution is -2.29. The average Bonchev–Trinajstić information content (AvgIpc) is 2.68. The lowest BCUT2D eigenvalue weighted by atomic mass is 9.99. The van der Waals surface area contributed by atoms with Crippen molar-refractivity contribution in [1.29, 1.82) is 0 Å². The second-order valence-corrected chi connectivity index (χ2v) is 7.25. The molecule has 0 aromatic heterocycles. The molecule has 0 saturated heterocycles. The van der Waals surface area contributed by atoms with Gasteiger partial charge in [-0.05, 0) is 59.9 Å². The summed E-state index contributed by atoms with van der Waals surface area (Å²) in [7, 11) is 0. The van der Waals surface area contributed by atoms with Crippen molar-refractivity contribution in [2.75, 3.05) is 11.9 Å². The standard InChI is InChI=1S/C24H24N2O/c1-18-5-4-8-23(15-18)25-24(27)21-11-9-19(10-12-21)16-26-14-13-20-6-2-3-7-22(20)17-26/h2-12,15H,13-14,16-17H2,1H3,(H,25,27). The topological polar surface area (TPSA) is 32.3 Å². The molecule has 1 amide bonds. The summed E-state index contributed by atoms with van der Waals surface area (Å²) < 4.78 is 0. The van der Waals surface area contributed by atoms with Crippen molar-refractivity contribution < 1.29 is 4.79 Å². The monoisotopic (exact) mass is 356 g/mol. The molecule has 0 aliphatic carbocycles. The third-order valence-corrected chi connectivity index (χ3v) is 5.11. The largest absolute Gasteiger partial charge is 0.322 e. The smallest absolute Gasteiger partial charge is 0.255 e. The maximum absolute atomic E-state index is 12.4. The van der Waals surface area contributed by atoms with Crippen LogP contribution in [0, 0.1) is 6.92 Å². The molecule has 3 heteroatoms. The van der Waals surface area contributed by atoms with E-state index in [1.165, 1.54) is 16.7 Å². The Balaban J connectivity index is 1.38. The van der Waals surface area contributed by atoms with E-state index >= 15 is 0 Å². The van der Waals surface area contributed by atoms with Gasteiger partial charge < -0.3 is 5.32 Å². The summed E-state index contributed by atoms with van der Waals surface area (Å²) in [6.45, 7) is 5.00. The van der Waals surface area contributed by atoms with E-state index in [2.05, 4.69) is 46.6 Å². The molecule has 0 spiro atoms. The Morgan fingerprint density at radius 3 is 2.52 bits per heavy atom. The van der Waals surface area contributed by atoms with Crippen LogP contribution in [-0.2, 0) is 19.5 Å². The van der Waals surface area contributed by atoms with Crippen LogP contribution in [0.5, 0.6) is 0 Å². The van der Waals surface area contributed by atoms with E-state index in [4.69, 9.17) is 0 Å². The highest BCUT2D eigenvalue weighted by atomic mass is 16.1. The first-order valence-electron chi connectivity index (χ1n) is 9.43. The predicted molar refractivity (Wildman–Crippen MR) is 110 cm³/mol. The number of anilines is 1. The highest BCUT2D eigenvalue weighted by Crippen LogP contribution is 2.20. The Kier molecular flexibility index (Phi) is 5.03. The van der Waals surface area contributed by atoms with Gasteiger partial charge in [0.15, 0.2) is 0 Å². The summed E-state index contributed by atoms with van der Waals surface area (Å²) in [5.41, 5.74) is 6.78. The Morgan fingerprint density at radius 1 is 0.963 bits per heavy atom. The van der Waals surface area contributed by atoms with Crippen molar-refractivity contribution in [3.05, 3.63) is 101 Å².